The van der Waals surface area contributed by atoms with Gasteiger partial charge in [0.1, 0.15) is 18.5 Å². The second-order valence-electron chi connectivity index (χ2n) is 8.94. The van der Waals surface area contributed by atoms with E-state index in [0.29, 0.717) is 13.0 Å². The van der Waals surface area contributed by atoms with Gasteiger partial charge in [0.05, 0.1) is 0 Å². The number of carbonyl (C=O) groups excluding carboxylic acids is 2. The number of ether oxygens (including phenoxy) is 1. The van der Waals surface area contributed by atoms with Crippen molar-refractivity contribution in [3.63, 3.8) is 0 Å². The highest BCUT2D eigenvalue weighted by molar-refractivity contribution is 5.86. The molecule has 2 heterocycles. The Morgan fingerprint density at radius 1 is 0.917 bits per heavy atom. The van der Waals surface area contributed by atoms with Crippen LogP contribution in [0.15, 0.2) is 79.0 Å². The van der Waals surface area contributed by atoms with Gasteiger partial charge in [-0.3, -0.25) is 4.79 Å². The molecule has 0 aliphatic carbocycles. The summed E-state index contributed by atoms with van der Waals surface area (Å²) in [6.07, 6.45) is 1.50. The fourth-order valence-electron chi connectivity index (χ4n) is 4.14. The number of aromatic nitrogens is 1. The molecule has 2 amide bonds. The number of benzene rings is 2. The third-order valence-corrected chi connectivity index (χ3v) is 6.23. The molecule has 36 heavy (non-hydrogen) atoms. The van der Waals surface area contributed by atoms with Crippen molar-refractivity contribution in [1.29, 1.82) is 0 Å². The van der Waals surface area contributed by atoms with E-state index in [2.05, 4.69) is 32.5 Å². The molecular weight excluding hydrogens is 454 g/mol. The van der Waals surface area contributed by atoms with Crippen molar-refractivity contribution in [2.75, 3.05) is 38.1 Å². The number of hydrogen-bond acceptors (Lipinski definition) is 6. The average Bonchev–Trinajstić information content (AvgIpc) is 2.92. The molecule has 2 N–H and O–H groups in total. The van der Waals surface area contributed by atoms with Crippen molar-refractivity contribution >= 4 is 17.8 Å². The maximum absolute atomic E-state index is 13.2. The molecule has 1 aliphatic heterocycles. The Hall–Kier alpha value is -3.91. The SMILES string of the molecule is CN1CCN(c2ncccc2CNC(=O)C(Cc2ccccc2)NC(=O)OCc2ccccc2)CC1. The Bertz CT molecular complexity index is 1120. The maximum Gasteiger partial charge on any atom is 0.408 e. The van der Waals surface area contributed by atoms with Crippen LogP contribution in [0.4, 0.5) is 10.6 Å². The number of carbonyl (C=O) groups is 2. The summed E-state index contributed by atoms with van der Waals surface area (Å²) in [6, 6.07) is 22.1. The van der Waals surface area contributed by atoms with Gasteiger partial charge in [-0.05, 0) is 24.2 Å². The zero-order chi connectivity index (χ0) is 25.2. The van der Waals surface area contributed by atoms with Crippen molar-refractivity contribution in [1.82, 2.24) is 20.5 Å². The summed E-state index contributed by atoms with van der Waals surface area (Å²) in [6.45, 7) is 4.17. The van der Waals surface area contributed by atoms with E-state index in [9.17, 15) is 9.59 Å². The summed E-state index contributed by atoms with van der Waals surface area (Å²) in [4.78, 5) is 34.9. The van der Waals surface area contributed by atoms with Crippen LogP contribution in [-0.2, 0) is 29.1 Å². The molecule has 1 aromatic heterocycles. The van der Waals surface area contributed by atoms with Gasteiger partial charge in [-0.25, -0.2) is 9.78 Å². The molecule has 2 aromatic carbocycles. The second kappa shape index (κ2) is 12.7. The zero-order valence-electron chi connectivity index (χ0n) is 20.6. The third-order valence-electron chi connectivity index (χ3n) is 6.23. The minimum Gasteiger partial charge on any atom is -0.445 e. The Labute approximate surface area is 212 Å². The van der Waals surface area contributed by atoms with E-state index in [1.54, 1.807) is 6.20 Å². The molecule has 1 fully saturated rings. The number of rotatable bonds is 9. The lowest BCUT2D eigenvalue weighted by Gasteiger charge is -2.34. The van der Waals surface area contributed by atoms with E-state index in [1.165, 1.54) is 0 Å². The molecule has 1 saturated heterocycles. The van der Waals surface area contributed by atoms with Crippen LogP contribution in [0.25, 0.3) is 0 Å². The van der Waals surface area contributed by atoms with Crippen LogP contribution in [0.2, 0.25) is 0 Å². The zero-order valence-corrected chi connectivity index (χ0v) is 20.6. The van der Waals surface area contributed by atoms with Crippen LogP contribution in [0.3, 0.4) is 0 Å². The summed E-state index contributed by atoms with van der Waals surface area (Å²) in [5.74, 6) is 0.615. The topological polar surface area (TPSA) is 86.8 Å². The number of nitrogens with zero attached hydrogens (tertiary/aromatic N) is 3. The fourth-order valence-corrected chi connectivity index (χ4v) is 4.14. The van der Waals surface area contributed by atoms with Crippen LogP contribution in [0.5, 0.6) is 0 Å². The van der Waals surface area contributed by atoms with E-state index in [0.717, 1.165) is 48.7 Å². The monoisotopic (exact) mass is 487 g/mol. The number of alkyl carbamates (subject to hydrolysis) is 1. The van der Waals surface area contributed by atoms with E-state index in [1.807, 2.05) is 72.8 Å². The van der Waals surface area contributed by atoms with Crippen molar-refractivity contribution in [3.8, 4) is 0 Å². The molecular formula is C28H33N5O3. The van der Waals surface area contributed by atoms with Gasteiger partial charge in [0.15, 0.2) is 0 Å². The van der Waals surface area contributed by atoms with Gasteiger partial charge >= 0.3 is 6.09 Å². The smallest absolute Gasteiger partial charge is 0.408 e. The van der Waals surface area contributed by atoms with Crippen LogP contribution < -0.4 is 15.5 Å². The highest BCUT2D eigenvalue weighted by atomic mass is 16.5. The first-order valence-corrected chi connectivity index (χ1v) is 12.2. The van der Waals surface area contributed by atoms with Crippen molar-refractivity contribution in [2.45, 2.75) is 25.6 Å². The molecule has 8 heteroatoms. The quantitative estimate of drug-likeness (QED) is 0.483. The third kappa shape index (κ3) is 7.29. The van der Waals surface area contributed by atoms with Crippen molar-refractivity contribution in [3.05, 3.63) is 95.7 Å². The normalized spacial score (nSPS) is 14.6. The van der Waals surface area contributed by atoms with Crippen LogP contribution in [-0.4, -0.2) is 61.2 Å². The first-order valence-electron chi connectivity index (χ1n) is 12.2. The Morgan fingerprint density at radius 3 is 2.28 bits per heavy atom. The van der Waals surface area contributed by atoms with Crippen LogP contribution >= 0.6 is 0 Å². The minimum atomic E-state index is -0.778. The second-order valence-corrected chi connectivity index (χ2v) is 8.94. The minimum absolute atomic E-state index is 0.135. The van der Waals surface area contributed by atoms with E-state index in [-0.39, 0.29) is 12.5 Å². The molecule has 0 bridgehead atoms. The van der Waals surface area contributed by atoms with Gasteiger partial charge in [0.25, 0.3) is 0 Å². The number of pyridine rings is 1. The fraction of sp³-hybridized carbons (Fsp3) is 0.321. The molecule has 188 valence electrons. The van der Waals surface area contributed by atoms with Gasteiger partial charge < -0.3 is 25.2 Å². The van der Waals surface area contributed by atoms with Crippen LogP contribution in [0, 0.1) is 0 Å². The lowest BCUT2D eigenvalue weighted by molar-refractivity contribution is -0.123. The summed E-state index contributed by atoms with van der Waals surface area (Å²) in [7, 11) is 2.11. The Balaban J connectivity index is 1.40. The first kappa shape index (κ1) is 25.2. The van der Waals surface area contributed by atoms with Gasteiger partial charge in [0, 0.05) is 50.9 Å². The number of piperazine rings is 1. The van der Waals surface area contributed by atoms with Gasteiger partial charge in [-0.1, -0.05) is 66.7 Å². The number of anilines is 1. The molecule has 1 unspecified atom stereocenters. The standard InChI is InChI=1S/C28H33N5O3/c1-32-15-17-33(18-16-32)26-24(13-8-14-29-26)20-30-27(34)25(19-22-9-4-2-5-10-22)31-28(35)36-21-23-11-6-3-7-12-23/h2-14,25H,15-21H2,1H3,(H,30,34)(H,31,35). The largest absolute Gasteiger partial charge is 0.445 e. The molecule has 1 atom stereocenters. The summed E-state index contributed by atoms with van der Waals surface area (Å²) in [5, 5.41) is 5.75. The van der Waals surface area contributed by atoms with E-state index < -0.39 is 12.1 Å². The lowest BCUT2D eigenvalue weighted by Crippen LogP contribution is -2.48. The molecule has 0 saturated carbocycles. The molecule has 3 aromatic rings. The average molecular weight is 488 g/mol. The van der Waals surface area contributed by atoms with Gasteiger partial charge in [-0.2, -0.15) is 0 Å². The number of hydrogen-bond donors (Lipinski definition) is 2. The van der Waals surface area contributed by atoms with Gasteiger partial charge in [0.2, 0.25) is 5.91 Å². The predicted molar refractivity (Wildman–Crippen MR) is 139 cm³/mol. The summed E-state index contributed by atoms with van der Waals surface area (Å²) < 4.78 is 5.37. The Morgan fingerprint density at radius 2 is 1.58 bits per heavy atom. The Kier molecular flexibility index (Phi) is 8.88. The molecule has 8 nitrogen and oxygen atoms in total. The first-order chi connectivity index (χ1) is 17.6. The highest BCUT2D eigenvalue weighted by Crippen LogP contribution is 2.18. The number of amides is 2. The molecule has 0 spiro atoms. The van der Waals surface area contributed by atoms with E-state index in [4.69, 9.17) is 4.74 Å². The summed E-state index contributed by atoms with van der Waals surface area (Å²) in [5.41, 5.74) is 2.77. The van der Waals surface area contributed by atoms with Crippen molar-refractivity contribution < 1.29 is 14.3 Å². The summed E-state index contributed by atoms with van der Waals surface area (Å²) >= 11 is 0. The lowest BCUT2D eigenvalue weighted by atomic mass is 10.1. The highest BCUT2D eigenvalue weighted by Gasteiger charge is 2.23. The number of nitrogens with one attached hydrogen (secondary N) is 2. The van der Waals surface area contributed by atoms with Gasteiger partial charge in [-0.15, -0.1) is 0 Å². The number of likely N-dealkylation sites (N-methyl/N-ethyl adjacent to an activating group) is 1. The van der Waals surface area contributed by atoms with E-state index >= 15 is 0 Å². The molecule has 1 aliphatic rings. The molecule has 4 rings (SSSR count). The van der Waals surface area contributed by atoms with Crippen LogP contribution in [0.1, 0.15) is 16.7 Å². The predicted octanol–water partition coefficient (Wildman–Crippen LogP) is 2.99. The molecule has 0 radical (unpaired) electrons. The van der Waals surface area contributed by atoms with Crippen molar-refractivity contribution in [2.24, 2.45) is 0 Å². The maximum atomic E-state index is 13.2.